The molecule has 0 saturated heterocycles. The van der Waals surface area contributed by atoms with Crippen molar-refractivity contribution >= 4 is 63.6 Å². The fourth-order valence-corrected chi connectivity index (χ4v) is 7.24. The molecule has 0 spiro atoms. The summed E-state index contributed by atoms with van der Waals surface area (Å²) in [6.07, 6.45) is 6.77. The highest BCUT2D eigenvalue weighted by atomic mass is 35.5. The van der Waals surface area contributed by atoms with Gasteiger partial charge in [-0.05, 0) is 69.8 Å². The lowest BCUT2D eigenvalue weighted by atomic mass is 9.86. The molecule has 2 N–H and O–H groups in total. The largest absolute Gasteiger partial charge is 0.480 e. The van der Waals surface area contributed by atoms with E-state index in [1.165, 1.54) is 23.1 Å². The summed E-state index contributed by atoms with van der Waals surface area (Å²) in [6.45, 7) is 6.25. The van der Waals surface area contributed by atoms with Crippen molar-refractivity contribution in [3.8, 4) is 0 Å². The zero-order valence-corrected chi connectivity index (χ0v) is 23.0. The minimum absolute atomic E-state index is 0.134. The van der Waals surface area contributed by atoms with Crippen LogP contribution in [0.1, 0.15) is 52.9 Å². The average molecular weight is 542 g/mol. The molecular formula is C24H32ClN3O3S3. The maximum atomic E-state index is 13.3. The fourth-order valence-electron chi connectivity index (χ4n) is 3.81. The molecule has 1 aromatic carbocycles. The molecule has 2 aromatic rings. The highest BCUT2D eigenvalue weighted by Gasteiger charge is 2.30. The van der Waals surface area contributed by atoms with Crippen LogP contribution in [-0.4, -0.2) is 50.1 Å². The van der Waals surface area contributed by atoms with Crippen LogP contribution in [0.2, 0.25) is 5.02 Å². The Morgan fingerprint density at radius 2 is 1.97 bits per heavy atom. The molecular weight excluding hydrogens is 510 g/mol. The molecule has 10 heteroatoms. The van der Waals surface area contributed by atoms with Gasteiger partial charge >= 0.3 is 12.0 Å². The van der Waals surface area contributed by atoms with Crippen molar-refractivity contribution in [2.24, 2.45) is 5.92 Å². The van der Waals surface area contributed by atoms with Gasteiger partial charge in [0.05, 0.1) is 15.4 Å². The molecule has 0 atom stereocenters. The van der Waals surface area contributed by atoms with E-state index in [-0.39, 0.29) is 12.1 Å². The van der Waals surface area contributed by atoms with Crippen molar-refractivity contribution in [2.75, 3.05) is 17.6 Å². The number of aromatic nitrogens is 1. The van der Waals surface area contributed by atoms with Gasteiger partial charge in [0, 0.05) is 17.5 Å². The Morgan fingerprint density at radius 3 is 2.65 bits per heavy atom. The molecule has 2 amide bonds. The Morgan fingerprint density at radius 1 is 1.26 bits per heavy atom. The summed E-state index contributed by atoms with van der Waals surface area (Å²) in [4.78, 5) is 32.0. The van der Waals surface area contributed by atoms with Crippen LogP contribution >= 0.6 is 46.5 Å². The highest BCUT2D eigenvalue weighted by Crippen LogP contribution is 2.38. The van der Waals surface area contributed by atoms with Gasteiger partial charge in [-0.15, -0.1) is 11.8 Å². The molecule has 34 heavy (non-hydrogen) atoms. The van der Waals surface area contributed by atoms with Crippen LogP contribution in [0.3, 0.4) is 0 Å². The molecule has 0 aliphatic heterocycles. The van der Waals surface area contributed by atoms with Crippen LogP contribution in [-0.2, 0) is 4.79 Å². The number of carbonyl (C=O) groups is 2. The molecule has 0 radical (unpaired) electrons. The third-order valence-corrected chi connectivity index (χ3v) is 9.69. The number of urea groups is 1. The number of thioether (sulfide) groups is 2. The molecule has 1 aromatic heterocycles. The van der Waals surface area contributed by atoms with Gasteiger partial charge in [0.25, 0.3) is 0 Å². The Hall–Kier alpha value is -1.42. The van der Waals surface area contributed by atoms with E-state index < -0.39 is 10.7 Å². The molecule has 1 heterocycles. The van der Waals surface area contributed by atoms with Crippen molar-refractivity contribution in [3.05, 3.63) is 35.5 Å². The summed E-state index contributed by atoms with van der Waals surface area (Å²) in [5, 5.41) is 13.6. The predicted molar refractivity (Wildman–Crippen MR) is 144 cm³/mol. The van der Waals surface area contributed by atoms with Crippen molar-refractivity contribution in [1.82, 2.24) is 9.88 Å². The molecule has 0 bridgehead atoms. The summed E-state index contributed by atoms with van der Waals surface area (Å²) < 4.78 is -0.199. The van der Waals surface area contributed by atoms with Gasteiger partial charge in [-0.3, -0.25) is 10.1 Å². The second kappa shape index (κ2) is 12.5. The maximum Gasteiger partial charge on any atom is 0.323 e. The van der Waals surface area contributed by atoms with Gasteiger partial charge in [-0.2, -0.15) is 0 Å². The predicted octanol–water partition coefficient (Wildman–Crippen LogP) is 7.35. The normalized spacial score (nSPS) is 18.5. The number of carboxylic acid groups (broad SMARTS) is 1. The van der Waals surface area contributed by atoms with Crippen LogP contribution in [0.25, 0.3) is 0 Å². The van der Waals surface area contributed by atoms with Crippen molar-refractivity contribution < 1.29 is 14.7 Å². The van der Waals surface area contributed by atoms with Gasteiger partial charge in [0.2, 0.25) is 0 Å². The summed E-state index contributed by atoms with van der Waals surface area (Å²) in [6, 6.07) is 7.91. The average Bonchev–Trinajstić information content (AvgIpc) is 3.21. The first-order valence-electron chi connectivity index (χ1n) is 11.5. The Balaban J connectivity index is 1.60. The first-order chi connectivity index (χ1) is 16.2. The molecule has 1 aliphatic rings. The Kier molecular flexibility index (Phi) is 10.0. The van der Waals surface area contributed by atoms with E-state index in [2.05, 4.69) is 17.2 Å². The number of hydrogen-bond donors (Lipinski definition) is 2. The number of nitrogens with one attached hydrogen (secondary N) is 1. The lowest BCUT2D eigenvalue weighted by molar-refractivity contribution is -0.138. The number of carbonyl (C=O) groups excluding carboxylic acids is 1. The maximum absolute atomic E-state index is 13.3. The molecule has 0 unspecified atom stereocenters. The molecule has 1 saturated carbocycles. The second-order valence-electron chi connectivity index (χ2n) is 9.07. The van der Waals surface area contributed by atoms with E-state index in [0.717, 1.165) is 52.0 Å². The third-order valence-electron chi connectivity index (χ3n) is 5.89. The van der Waals surface area contributed by atoms with Crippen LogP contribution in [0, 0.1) is 5.92 Å². The summed E-state index contributed by atoms with van der Waals surface area (Å²) in [7, 11) is 0. The number of nitrogens with zero attached hydrogens (tertiary/aromatic N) is 2. The van der Waals surface area contributed by atoms with Crippen LogP contribution in [0.5, 0.6) is 0 Å². The van der Waals surface area contributed by atoms with Crippen LogP contribution < -0.4 is 5.32 Å². The number of rotatable bonds is 10. The Bertz CT molecular complexity index is 977. The molecule has 186 valence electrons. The SMILES string of the molecule is CC1CCC(N(CCCSc2ccccc2Cl)C(=O)Nc2ncc(SC(C)(C)C(=O)O)s2)CC1. The van der Waals surface area contributed by atoms with Crippen LogP contribution in [0.15, 0.2) is 39.6 Å². The van der Waals surface area contributed by atoms with Crippen molar-refractivity contribution in [1.29, 1.82) is 0 Å². The summed E-state index contributed by atoms with van der Waals surface area (Å²) in [5.74, 6) is 0.691. The van der Waals surface area contributed by atoms with Crippen molar-refractivity contribution in [2.45, 2.75) is 72.8 Å². The number of anilines is 1. The molecule has 1 fully saturated rings. The smallest absolute Gasteiger partial charge is 0.323 e. The Labute approximate surface area is 219 Å². The lowest BCUT2D eigenvalue weighted by Crippen LogP contribution is -2.45. The number of carboxylic acids is 1. The third kappa shape index (κ3) is 7.80. The van der Waals surface area contributed by atoms with E-state index >= 15 is 0 Å². The topological polar surface area (TPSA) is 82.5 Å². The van der Waals surface area contributed by atoms with Gasteiger partial charge in [-0.25, -0.2) is 9.78 Å². The molecule has 1 aliphatic carbocycles. The number of halogens is 1. The first-order valence-corrected chi connectivity index (χ1v) is 14.5. The monoisotopic (exact) mass is 541 g/mol. The standard InChI is InChI=1S/C24H32ClN3O3S3/c1-16-9-11-17(12-10-16)28(13-6-14-32-19-8-5-4-7-18(19)25)23(31)27-22-26-15-20(33-22)34-24(2,3)21(29)30/h4-5,7-8,15-17H,6,9-14H2,1-3H3,(H,29,30)(H,26,27,31). The first kappa shape index (κ1) is 27.2. The summed E-state index contributed by atoms with van der Waals surface area (Å²) in [5.41, 5.74) is 0. The zero-order chi connectivity index (χ0) is 24.7. The van der Waals surface area contributed by atoms with E-state index in [0.29, 0.717) is 17.6 Å². The minimum Gasteiger partial charge on any atom is -0.480 e. The van der Waals surface area contributed by atoms with E-state index in [1.54, 1.807) is 31.8 Å². The second-order valence-corrected chi connectivity index (χ2v) is 13.6. The lowest BCUT2D eigenvalue weighted by Gasteiger charge is -2.36. The minimum atomic E-state index is -0.960. The number of amides is 2. The van der Waals surface area contributed by atoms with Gasteiger partial charge in [-0.1, -0.05) is 53.8 Å². The summed E-state index contributed by atoms with van der Waals surface area (Å²) >= 11 is 10.5. The number of hydrogen-bond acceptors (Lipinski definition) is 6. The van der Waals surface area contributed by atoms with Crippen LogP contribution in [0.4, 0.5) is 9.93 Å². The van der Waals surface area contributed by atoms with E-state index in [4.69, 9.17) is 11.6 Å². The zero-order valence-electron chi connectivity index (χ0n) is 19.8. The quantitative estimate of drug-likeness (QED) is 0.242. The number of benzene rings is 1. The molecule has 3 rings (SSSR count). The highest BCUT2D eigenvalue weighted by molar-refractivity contribution is 8.03. The van der Waals surface area contributed by atoms with E-state index in [1.807, 2.05) is 29.2 Å². The van der Waals surface area contributed by atoms with Gasteiger partial charge in [0.1, 0.15) is 4.75 Å². The van der Waals surface area contributed by atoms with Gasteiger partial charge < -0.3 is 10.0 Å². The molecule has 6 nitrogen and oxygen atoms in total. The van der Waals surface area contributed by atoms with Gasteiger partial charge in [0.15, 0.2) is 5.13 Å². The van der Waals surface area contributed by atoms with Crippen molar-refractivity contribution in [3.63, 3.8) is 0 Å². The fraction of sp³-hybridized carbons (Fsp3) is 0.542. The van der Waals surface area contributed by atoms with E-state index in [9.17, 15) is 14.7 Å². The number of thiazole rings is 1. The number of aliphatic carboxylic acids is 1.